The number of para-hydroxylation sites is 1. The molecule has 176 valence electrons. The molecule has 1 amide bonds. The summed E-state index contributed by atoms with van der Waals surface area (Å²) in [5, 5.41) is 0. The number of amides is 1. The smallest absolute Gasteiger partial charge is 0.346 e. The predicted octanol–water partition coefficient (Wildman–Crippen LogP) is 5.47. The number of nitrogens with zero attached hydrogens (tertiary/aromatic N) is 1. The largest absolute Gasteiger partial charge is 0.465 e. The van der Waals surface area contributed by atoms with Crippen LogP contribution in [0.1, 0.15) is 52.0 Å². The van der Waals surface area contributed by atoms with Gasteiger partial charge in [-0.1, -0.05) is 73.7 Å². The first-order chi connectivity index (χ1) is 15.7. The lowest BCUT2D eigenvalue weighted by Crippen LogP contribution is -2.55. The Balaban J connectivity index is 2.12. The van der Waals surface area contributed by atoms with E-state index in [0.717, 1.165) is 59.6 Å². The molecule has 0 aromatic heterocycles. The molecule has 33 heavy (non-hydrogen) atoms. The van der Waals surface area contributed by atoms with E-state index in [1.165, 1.54) is 14.2 Å². The van der Waals surface area contributed by atoms with Gasteiger partial charge in [0.15, 0.2) is 0 Å². The number of unbranched alkanes of at least 4 members (excludes halogenated alkanes) is 2. The zero-order valence-electron chi connectivity index (χ0n) is 19.4. The molecule has 0 bridgehead atoms. The van der Waals surface area contributed by atoms with E-state index in [-0.39, 0.29) is 15.7 Å². The molecular formula is C24H27NO5S3. The van der Waals surface area contributed by atoms with Gasteiger partial charge in [0.2, 0.25) is 5.91 Å². The first-order valence-corrected chi connectivity index (χ1v) is 12.7. The van der Waals surface area contributed by atoms with E-state index in [0.29, 0.717) is 15.5 Å². The van der Waals surface area contributed by atoms with Gasteiger partial charge in [0.05, 0.1) is 34.5 Å². The van der Waals surface area contributed by atoms with Crippen LogP contribution in [0.5, 0.6) is 0 Å². The third-order valence-corrected chi connectivity index (χ3v) is 8.80. The Labute approximate surface area is 208 Å². The number of thiocarbonyl (C=S) groups is 1. The second-order valence-corrected chi connectivity index (χ2v) is 10.8. The lowest BCUT2D eigenvalue weighted by Gasteiger charge is -2.45. The standard InChI is InChI=1S/C24H27NO5S3/c1-6-7-8-13-16(26)25-15-12-10-9-11-14(15)17(20(31)24(25,2)3)23-32-18(21(27)29-4)19(33-23)22(28)30-5/h9-12H,6-8,13H2,1-5H3. The fourth-order valence-corrected chi connectivity index (χ4v) is 6.89. The van der Waals surface area contributed by atoms with Crippen LogP contribution in [0.2, 0.25) is 0 Å². The van der Waals surface area contributed by atoms with Crippen molar-refractivity contribution < 1.29 is 23.9 Å². The van der Waals surface area contributed by atoms with Crippen LogP contribution in [0.4, 0.5) is 5.69 Å². The Bertz CT molecular complexity index is 1040. The highest BCUT2D eigenvalue weighted by Gasteiger charge is 2.45. The number of methoxy groups -OCH3 is 2. The van der Waals surface area contributed by atoms with Crippen LogP contribution < -0.4 is 4.90 Å². The Kier molecular flexibility index (Phi) is 8.08. The minimum absolute atomic E-state index is 0.0302. The van der Waals surface area contributed by atoms with Gasteiger partial charge >= 0.3 is 11.9 Å². The van der Waals surface area contributed by atoms with Crippen LogP contribution in [-0.2, 0) is 23.9 Å². The lowest BCUT2D eigenvalue weighted by atomic mass is 9.83. The number of benzene rings is 1. The molecule has 2 heterocycles. The van der Waals surface area contributed by atoms with Crippen molar-refractivity contribution in [1.29, 1.82) is 0 Å². The van der Waals surface area contributed by atoms with Crippen molar-refractivity contribution in [2.24, 2.45) is 0 Å². The molecular weight excluding hydrogens is 478 g/mol. The van der Waals surface area contributed by atoms with Gasteiger partial charge in [0, 0.05) is 17.6 Å². The van der Waals surface area contributed by atoms with Gasteiger partial charge in [-0.3, -0.25) is 4.79 Å². The summed E-state index contributed by atoms with van der Waals surface area (Å²) in [5.41, 5.74) is 1.55. The molecule has 0 radical (unpaired) electrons. The monoisotopic (exact) mass is 505 g/mol. The molecule has 0 unspecified atom stereocenters. The molecule has 2 aliphatic rings. The summed E-state index contributed by atoms with van der Waals surface area (Å²) in [6.07, 6.45) is 3.30. The predicted molar refractivity (Wildman–Crippen MR) is 138 cm³/mol. The quantitative estimate of drug-likeness (QED) is 0.218. The van der Waals surface area contributed by atoms with Crippen LogP contribution in [0, 0.1) is 0 Å². The molecule has 6 nitrogen and oxygen atoms in total. The van der Waals surface area contributed by atoms with Crippen molar-refractivity contribution >= 4 is 69.7 Å². The molecule has 0 aliphatic carbocycles. The third-order valence-electron chi connectivity index (χ3n) is 5.54. The van der Waals surface area contributed by atoms with E-state index in [9.17, 15) is 14.4 Å². The maximum absolute atomic E-state index is 13.3. The number of fused-ring (bicyclic) bond motifs is 1. The highest BCUT2D eigenvalue weighted by atomic mass is 32.2. The summed E-state index contributed by atoms with van der Waals surface area (Å²) < 4.78 is 10.5. The molecule has 0 saturated carbocycles. The van der Waals surface area contributed by atoms with Gasteiger partial charge < -0.3 is 14.4 Å². The van der Waals surface area contributed by atoms with E-state index in [2.05, 4.69) is 6.92 Å². The SMILES string of the molecule is CCCCCC(=O)N1c2ccccc2C(=C2SC(C(=O)OC)=C(C(=O)OC)S2)C(=S)C1(C)C. The first kappa shape index (κ1) is 25.5. The minimum Gasteiger partial charge on any atom is -0.465 e. The molecule has 1 aromatic rings. The Morgan fingerprint density at radius 3 is 2.12 bits per heavy atom. The Hall–Kier alpha value is -2.10. The summed E-state index contributed by atoms with van der Waals surface area (Å²) in [5.74, 6) is -1.18. The van der Waals surface area contributed by atoms with E-state index < -0.39 is 17.5 Å². The Morgan fingerprint density at radius 2 is 1.58 bits per heavy atom. The summed E-state index contributed by atoms with van der Waals surface area (Å²) in [4.78, 5) is 40.7. The summed E-state index contributed by atoms with van der Waals surface area (Å²) >= 11 is 8.25. The minimum atomic E-state index is -0.768. The number of hydrogen-bond donors (Lipinski definition) is 0. The highest BCUT2D eigenvalue weighted by molar-refractivity contribution is 8.29. The van der Waals surface area contributed by atoms with Crippen molar-refractivity contribution in [3.05, 3.63) is 43.9 Å². The fourth-order valence-electron chi connectivity index (χ4n) is 3.85. The van der Waals surface area contributed by atoms with Crippen molar-refractivity contribution in [3.8, 4) is 0 Å². The van der Waals surface area contributed by atoms with Gasteiger partial charge in [-0.2, -0.15) is 0 Å². The highest BCUT2D eigenvalue weighted by Crippen LogP contribution is 2.56. The molecule has 2 aliphatic heterocycles. The molecule has 0 saturated heterocycles. The van der Waals surface area contributed by atoms with Gasteiger partial charge in [-0.25, -0.2) is 9.59 Å². The summed E-state index contributed by atoms with van der Waals surface area (Å²) in [6, 6.07) is 7.61. The van der Waals surface area contributed by atoms with Gasteiger partial charge in [-0.05, 0) is 26.3 Å². The zero-order chi connectivity index (χ0) is 24.3. The second-order valence-electron chi connectivity index (χ2n) is 8.10. The first-order valence-electron chi connectivity index (χ1n) is 10.7. The molecule has 0 N–H and O–H groups in total. The van der Waals surface area contributed by atoms with Crippen molar-refractivity contribution in [1.82, 2.24) is 0 Å². The maximum atomic E-state index is 13.3. The van der Waals surface area contributed by atoms with Crippen LogP contribution in [0.3, 0.4) is 0 Å². The number of esters is 2. The maximum Gasteiger partial charge on any atom is 0.346 e. The third kappa shape index (κ3) is 4.76. The zero-order valence-corrected chi connectivity index (χ0v) is 21.8. The van der Waals surface area contributed by atoms with Crippen molar-refractivity contribution in [2.75, 3.05) is 19.1 Å². The topological polar surface area (TPSA) is 72.9 Å². The van der Waals surface area contributed by atoms with E-state index in [1.54, 1.807) is 4.90 Å². The van der Waals surface area contributed by atoms with Crippen LogP contribution in [0.25, 0.3) is 5.57 Å². The number of ether oxygens (including phenoxy) is 2. The Morgan fingerprint density at radius 1 is 1.00 bits per heavy atom. The van der Waals surface area contributed by atoms with Crippen molar-refractivity contribution in [3.63, 3.8) is 0 Å². The summed E-state index contributed by atoms with van der Waals surface area (Å²) in [7, 11) is 2.54. The average molecular weight is 506 g/mol. The normalized spacial score (nSPS) is 17.2. The van der Waals surface area contributed by atoms with Gasteiger partial charge in [-0.15, -0.1) is 0 Å². The van der Waals surface area contributed by atoms with Crippen LogP contribution in [0.15, 0.2) is 38.3 Å². The molecule has 3 rings (SSSR count). The number of rotatable bonds is 6. The van der Waals surface area contributed by atoms with Crippen LogP contribution >= 0.6 is 35.7 Å². The molecule has 0 spiro atoms. The number of anilines is 1. The molecule has 1 aromatic carbocycles. The van der Waals surface area contributed by atoms with E-state index in [4.69, 9.17) is 21.7 Å². The molecule has 0 atom stereocenters. The molecule has 9 heteroatoms. The number of carbonyl (C=O) groups excluding carboxylic acids is 3. The average Bonchev–Trinajstić information content (AvgIpc) is 3.23. The van der Waals surface area contributed by atoms with Crippen molar-refractivity contribution in [2.45, 2.75) is 52.0 Å². The number of hydrogen-bond acceptors (Lipinski definition) is 8. The number of carbonyl (C=O) groups is 3. The van der Waals surface area contributed by atoms with Gasteiger partial charge in [0.1, 0.15) is 9.81 Å². The number of thioether (sulfide) groups is 2. The van der Waals surface area contributed by atoms with Crippen LogP contribution in [-0.4, -0.2) is 42.5 Å². The fraction of sp³-hybridized carbons (Fsp3) is 0.417. The lowest BCUT2D eigenvalue weighted by molar-refractivity contribution is -0.138. The second kappa shape index (κ2) is 10.4. The molecule has 0 fully saturated rings. The van der Waals surface area contributed by atoms with Gasteiger partial charge in [0.25, 0.3) is 0 Å². The summed E-state index contributed by atoms with van der Waals surface area (Å²) in [6.45, 7) is 5.97. The van der Waals surface area contributed by atoms with E-state index >= 15 is 0 Å². The van der Waals surface area contributed by atoms with E-state index in [1.807, 2.05) is 38.1 Å².